The average Bonchev–Trinajstić information content (AvgIpc) is 2.91. The van der Waals surface area contributed by atoms with Crippen LogP contribution in [0.15, 0.2) is 0 Å². The minimum Gasteiger partial charge on any atom is -0.462 e. The molecular weight excluding hydrogens is 344 g/mol. The number of thiophene rings is 1. The van der Waals surface area contributed by atoms with E-state index in [1.54, 1.807) is 13.8 Å². The van der Waals surface area contributed by atoms with E-state index < -0.39 is 11.9 Å². The van der Waals surface area contributed by atoms with Gasteiger partial charge in [0.15, 0.2) is 0 Å². The maximum absolute atomic E-state index is 12.2. The Kier molecular flexibility index (Phi) is 4.87. The number of amides is 1. The molecule has 0 saturated carbocycles. The minimum atomic E-state index is -0.600. The lowest BCUT2D eigenvalue weighted by molar-refractivity contribution is -0.121. The number of hydrogen-bond acceptors (Lipinski definition) is 8. The minimum absolute atomic E-state index is 0.216. The third kappa shape index (κ3) is 3.16. The Morgan fingerprint density at radius 3 is 2.84 bits per heavy atom. The lowest BCUT2D eigenvalue weighted by atomic mass is 10.1. The zero-order chi connectivity index (χ0) is 18.1. The van der Waals surface area contributed by atoms with E-state index in [1.807, 2.05) is 11.8 Å². The average molecular weight is 364 g/mol. The van der Waals surface area contributed by atoms with Crippen LogP contribution in [0.1, 0.15) is 28.0 Å². The summed E-state index contributed by atoms with van der Waals surface area (Å²) in [6.45, 7) is 6.87. The molecule has 1 aliphatic heterocycles. The van der Waals surface area contributed by atoms with E-state index in [0.717, 1.165) is 10.9 Å². The second-order valence-electron chi connectivity index (χ2n) is 5.74. The molecule has 1 aliphatic rings. The van der Waals surface area contributed by atoms with E-state index >= 15 is 0 Å². The number of morpholine rings is 1. The maximum atomic E-state index is 12.2. The molecule has 2 N–H and O–H groups in total. The van der Waals surface area contributed by atoms with Crippen molar-refractivity contribution in [3.63, 3.8) is 0 Å². The molecule has 2 aromatic heterocycles. The fraction of sp³-hybridized carbons (Fsp3) is 0.500. The molecule has 1 fully saturated rings. The highest BCUT2D eigenvalue weighted by Gasteiger charge is 2.32. The van der Waals surface area contributed by atoms with Gasteiger partial charge in [0, 0.05) is 6.54 Å². The fourth-order valence-corrected chi connectivity index (χ4v) is 4.03. The summed E-state index contributed by atoms with van der Waals surface area (Å²) in [5, 5.41) is 0.756. The SMILES string of the molecule is CCOC(=O)c1sc2nc(C)nc(N3CCOC[C@@H]3C(N)=O)c2c1C. The highest BCUT2D eigenvalue weighted by atomic mass is 32.1. The molecule has 0 aliphatic carbocycles. The van der Waals surface area contributed by atoms with Crippen LogP contribution in [0.3, 0.4) is 0 Å². The number of anilines is 1. The van der Waals surface area contributed by atoms with Crippen LogP contribution in [-0.2, 0) is 14.3 Å². The van der Waals surface area contributed by atoms with Crippen LogP contribution in [0.2, 0.25) is 0 Å². The van der Waals surface area contributed by atoms with Gasteiger partial charge in [-0.2, -0.15) is 0 Å². The summed E-state index contributed by atoms with van der Waals surface area (Å²) in [5.74, 6) is 0.329. The fourth-order valence-electron chi connectivity index (χ4n) is 2.91. The molecule has 134 valence electrons. The summed E-state index contributed by atoms with van der Waals surface area (Å²) in [7, 11) is 0. The number of nitrogens with two attached hydrogens (primary N) is 1. The number of aromatic nitrogens is 2. The van der Waals surface area contributed by atoms with Crippen LogP contribution in [0.5, 0.6) is 0 Å². The summed E-state index contributed by atoms with van der Waals surface area (Å²) in [6.07, 6.45) is 0. The van der Waals surface area contributed by atoms with Gasteiger partial charge in [0.2, 0.25) is 5.91 Å². The molecule has 0 spiro atoms. The Bertz CT molecular complexity index is 835. The lowest BCUT2D eigenvalue weighted by Crippen LogP contribution is -2.53. The Hall–Kier alpha value is -2.26. The lowest BCUT2D eigenvalue weighted by Gasteiger charge is -2.35. The number of carbonyl (C=O) groups excluding carboxylic acids is 2. The second kappa shape index (κ2) is 6.93. The summed E-state index contributed by atoms with van der Waals surface area (Å²) in [6, 6.07) is -0.600. The first-order valence-electron chi connectivity index (χ1n) is 8.02. The predicted octanol–water partition coefficient (Wildman–Crippen LogP) is 1.18. The number of esters is 1. The predicted molar refractivity (Wildman–Crippen MR) is 94.0 cm³/mol. The number of fused-ring (bicyclic) bond motifs is 1. The molecule has 0 radical (unpaired) electrons. The largest absolute Gasteiger partial charge is 0.462 e. The highest BCUT2D eigenvalue weighted by Crippen LogP contribution is 2.36. The summed E-state index contributed by atoms with van der Waals surface area (Å²) in [5.41, 5.74) is 6.29. The number of aryl methyl sites for hydroxylation is 2. The van der Waals surface area contributed by atoms with Crippen molar-refractivity contribution < 1.29 is 19.1 Å². The quantitative estimate of drug-likeness (QED) is 0.812. The van der Waals surface area contributed by atoms with Gasteiger partial charge >= 0.3 is 5.97 Å². The van der Waals surface area contributed by atoms with Gasteiger partial charge in [0.25, 0.3) is 0 Å². The van der Waals surface area contributed by atoms with E-state index in [2.05, 4.69) is 9.97 Å². The number of nitrogens with zero attached hydrogens (tertiary/aromatic N) is 3. The van der Waals surface area contributed by atoms with Crippen molar-refractivity contribution in [3.05, 3.63) is 16.3 Å². The highest BCUT2D eigenvalue weighted by molar-refractivity contribution is 7.20. The Morgan fingerprint density at radius 2 is 2.16 bits per heavy atom. The third-order valence-corrected chi connectivity index (χ3v) is 5.24. The van der Waals surface area contributed by atoms with Gasteiger partial charge in [-0.15, -0.1) is 11.3 Å². The first kappa shape index (κ1) is 17.6. The van der Waals surface area contributed by atoms with E-state index in [1.165, 1.54) is 11.3 Å². The van der Waals surface area contributed by atoms with Crippen LogP contribution in [0.25, 0.3) is 10.2 Å². The van der Waals surface area contributed by atoms with Gasteiger partial charge in [-0.1, -0.05) is 0 Å². The van der Waals surface area contributed by atoms with Crippen molar-refractivity contribution in [3.8, 4) is 0 Å². The summed E-state index contributed by atoms with van der Waals surface area (Å²) in [4.78, 5) is 36.1. The molecule has 1 atom stereocenters. The molecule has 0 aromatic carbocycles. The first-order valence-corrected chi connectivity index (χ1v) is 8.84. The van der Waals surface area contributed by atoms with E-state index in [0.29, 0.717) is 41.1 Å². The van der Waals surface area contributed by atoms with Gasteiger partial charge in [0.1, 0.15) is 27.4 Å². The van der Waals surface area contributed by atoms with Gasteiger partial charge in [-0.3, -0.25) is 4.79 Å². The molecule has 0 unspecified atom stereocenters. The molecule has 3 heterocycles. The van der Waals surface area contributed by atoms with Crippen molar-refractivity contribution >= 4 is 39.2 Å². The second-order valence-corrected chi connectivity index (χ2v) is 6.74. The molecule has 0 bridgehead atoms. The number of ether oxygens (including phenoxy) is 2. The number of carbonyl (C=O) groups is 2. The van der Waals surface area contributed by atoms with Crippen LogP contribution < -0.4 is 10.6 Å². The molecule has 2 aromatic rings. The molecule has 25 heavy (non-hydrogen) atoms. The zero-order valence-corrected chi connectivity index (χ0v) is 15.2. The molecule has 9 heteroatoms. The Morgan fingerprint density at radius 1 is 1.40 bits per heavy atom. The zero-order valence-electron chi connectivity index (χ0n) is 14.4. The van der Waals surface area contributed by atoms with Gasteiger partial charge < -0.3 is 20.1 Å². The normalized spacial score (nSPS) is 17.7. The Balaban J connectivity index is 2.17. The summed E-state index contributed by atoms with van der Waals surface area (Å²) < 4.78 is 10.5. The van der Waals surface area contributed by atoms with Crippen molar-refractivity contribution in [1.29, 1.82) is 0 Å². The maximum Gasteiger partial charge on any atom is 0.348 e. The van der Waals surface area contributed by atoms with Gasteiger partial charge in [0.05, 0.1) is 25.2 Å². The van der Waals surface area contributed by atoms with Crippen molar-refractivity contribution in [2.45, 2.75) is 26.8 Å². The topological polar surface area (TPSA) is 108 Å². The first-order chi connectivity index (χ1) is 11.9. The molecule has 1 saturated heterocycles. The van der Waals surface area contributed by atoms with E-state index in [9.17, 15) is 9.59 Å². The van der Waals surface area contributed by atoms with Crippen LogP contribution in [0.4, 0.5) is 5.82 Å². The smallest absolute Gasteiger partial charge is 0.348 e. The summed E-state index contributed by atoms with van der Waals surface area (Å²) >= 11 is 1.27. The van der Waals surface area contributed by atoms with Gasteiger partial charge in [-0.05, 0) is 26.3 Å². The van der Waals surface area contributed by atoms with E-state index in [-0.39, 0.29) is 12.6 Å². The Labute approximate surface area is 148 Å². The molecule has 3 rings (SSSR count). The molecular formula is C16H20N4O4S. The van der Waals surface area contributed by atoms with Crippen molar-refractivity contribution in [2.75, 3.05) is 31.3 Å². The molecule has 8 nitrogen and oxygen atoms in total. The third-order valence-electron chi connectivity index (χ3n) is 4.07. The van der Waals surface area contributed by atoms with Crippen LogP contribution in [0, 0.1) is 13.8 Å². The number of primary amides is 1. The van der Waals surface area contributed by atoms with Crippen molar-refractivity contribution in [2.24, 2.45) is 5.73 Å². The standard InChI is InChI=1S/C16H20N4O4S/c1-4-24-16(22)12-8(2)11-14(18-9(3)19-15(11)25-12)20-5-6-23-7-10(20)13(17)21/h10H,4-7H2,1-3H3,(H2,17,21)/t10-/m1/s1. The molecule has 1 amide bonds. The van der Waals surface area contributed by atoms with Crippen molar-refractivity contribution in [1.82, 2.24) is 9.97 Å². The monoisotopic (exact) mass is 364 g/mol. The van der Waals surface area contributed by atoms with E-state index in [4.69, 9.17) is 15.2 Å². The van der Waals surface area contributed by atoms with Crippen LogP contribution in [-0.4, -0.2) is 54.3 Å². The van der Waals surface area contributed by atoms with Crippen LogP contribution >= 0.6 is 11.3 Å². The number of hydrogen-bond donors (Lipinski definition) is 1. The number of rotatable bonds is 4. The van der Waals surface area contributed by atoms with Gasteiger partial charge in [-0.25, -0.2) is 14.8 Å².